The highest BCUT2D eigenvalue weighted by molar-refractivity contribution is 9.10. The van der Waals surface area contributed by atoms with Crippen LogP contribution in [-0.2, 0) is 4.79 Å². The third kappa shape index (κ3) is 4.13. The predicted octanol–water partition coefficient (Wildman–Crippen LogP) is 7.88. The highest BCUT2D eigenvalue weighted by Crippen LogP contribution is 2.45. The van der Waals surface area contributed by atoms with Gasteiger partial charge in [-0.3, -0.25) is 4.79 Å². The lowest BCUT2D eigenvalue weighted by Gasteiger charge is -2.35. The third-order valence-electron chi connectivity index (χ3n) is 6.26. The molecular weight excluding hydrogens is 460 g/mol. The molecule has 0 unspecified atom stereocenters. The van der Waals surface area contributed by atoms with Crippen LogP contribution in [0.3, 0.4) is 0 Å². The molecule has 4 aromatic rings. The molecule has 1 saturated carbocycles. The number of carbonyl (C=O) groups excluding carboxylic acids is 1. The van der Waals surface area contributed by atoms with E-state index in [1.807, 2.05) is 66.7 Å². The standard InChI is InChI=1S/C29H23BrO2/c30-23-16-14-22(15-17-23)24-18-19-27(24)29(31)32-28-25(20-8-3-1-4-9-20)12-7-13-26(28)21-10-5-2-6-11-21/h1-17,24,27H,18-19H2/t24-,27+/m1/s1. The molecule has 1 aliphatic carbocycles. The van der Waals surface area contributed by atoms with Gasteiger partial charge in [0.1, 0.15) is 5.75 Å². The lowest BCUT2D eigenvalue weighted by molar-refractivity contribution is -0.142. The van der Waals surface area contributed by atoms with Gasteiger partial charge in [0.2, 0.25) is 0 Å². The highest BCUT2D eigenvalue weighted by atomic mass is 79.9. The van der Waals surface area contributed by atoms with E-state index >= 15 is 0 Å². The van der Waals surface area contributed by atoms with E-state index in [4.69, 9.17) is 4.74 Å². The van der Waals surface area contributed by atoms with Gasteiger partial charge < -0.3 is 4.74 Å². The zero-order valence-electron chi connectivity index (χ0n) is 17.6. The number of hydrogen-bond donors (Lipinski definition) is 0. The first-order chi connectivity index (χ1) is 15.7. The third-order valence-corrected chi connectivity index (χ3v) is 6.79. The van der Waals surface area contributed by atoms with E-state index in [2.05, 4.69) is 52.3 Å². The van der Waals surface area contributed by atoms with Crippen LogP contribution >= 0.6 is 15.9 Å². The van der Waals surface area contributed by atoms with Gasteiger partial charge in [-0.1, -0.05) is 107 Å². The van der Waals surface area contributed by atoms with Crippen LogP contribution in [0.4, 0.5) is 0 Å². The van der Waals surface area contributed by atoms with Crippen molar-refractivity contribution in [2.24, 2.45) is 5.92 Å². The number of benzene rings is 4. The van der Waals surface area contributed by atoms with Gasteiger partial charge in [0.15, 0.2) is 0 Å². The summed E-state index contributed by atoms with van der Waals surface area (Å²) in [6.45, 7) is 0. The maximum absolute atomic E-state index is 13.4. The van der Waals surface area contributed by atoms with E-state index in [9.17, 15) is 4.79 Å². The summed E-state index contributed by atoms with van der Waals surface area (Å²) in [5.41, 5.74) is 5.12. The zero-order valence-corrected chi connectivity index (χ0v) is 19.2. The first-order valence-electron chi connectivity index (χ1n) is 10.9. The molecule has 5 rings (SSSR count). The number of ether oxygens (including phenoxy) is 1. The fourth-order valence-corrected chi connectivity index (χ4v) is 4.67. The molecule has 1 aliphatic rings. The highest BCUT2D eigenvalue weighted by Gasteiger charge is 2.39. The lowest BCUT2D eigenvalue weighted by Crippen LogP contribution is -2.34. The molecule has 3 heteroatoms. The molecule has 0 spiro atoms. The van der Waals surface area contributed by atoms with Crippen molar-refractivity contribution < 1.29 is 9.53 Å². The summed E-state index contributed by atoms with van der Waals surface area (Å²) in [5.74, 6) is 0.573. The molecule has 4 aromatic carbocycles. The summed E-state index contributed by atoms with van der Waals surface area (Å²) >= 11 is 3.49. The zero-order chi connectivity index (χ0) is 21.9. The Labute approximate surface area is 197 Å². The van der Waals surface area contributed by atoms with Gasteiger partial charge in [0, 0.05) is 15.6 Å². The van der Waals surface area contributed by atoms with Crippen molar-refractivity contribution in [3.63, 3.8) is 0 Å². The average molecular weight is 483 g/mol. The number of rotatable bonds is 5. The van der Waals surface area contributed by atoms with Crippen LogP contribution in [0.25, 0.3) is 22.3 Å². The average Bonchev–Trinajstić information content (AvgIpc) is 2.81. The second kappa shape index (κ2) is 9.13. The minimum Gasteiger partial charge on any atom is -0.425 e. The molecule has 0 amide bonds. The molecule has 0 N–H and O–H groups in total. The molecule has 0 aliphatic heterocycles. The van der Waals surface area contributed by atoms with Crippen LogP contribution < -0.4 is 4.74 Å². The second-order valence-electron chi connectivity index (χ2n) is 8.18. The van der Waals surface area contributed by atoms with Crippen LogP contribution in [0.2, 0.25) is 0 Å². The van der Waals surface area contributed by atoms with Gasteiger partial charge in [0.25, 0.3) is 0 Å². The molecule has 0 bridgehead atoms. The molecular formula is C29H23BrO2. The Bertz CT molecular complexity index is 1160. The molecule has 2 nitrogen and oxygen atoms in total. The maximum atomic E-state index is 13.4. The van der Waals surface area contributed by atoms with Crippen LogP contribution in [0.5, 0.6) is 5.75 Å². The molecule has 0 saturated heterocycles. The molecule has 32 heavy (non-hydrogen) atoms. The van der Waals surface area contributed by atoms with Crippen LogP contribution in [0.15, 0.2) is 108 Å². The van der Waals surface area contributed by atoms with Gasteiger partial charge in [-0.05, 0) is 47.6 Å². The first kappa shape index (κ1) is 20.7. The first-order valence-corrected chi connectivity index (χ1v) is 11.7. The van der Waals surface area contributed by atoms with Gasteiger partial charge in [-0.25, -0.2) is 0 Å². The Hall–Kier alpha value is -3.17. The molecule has 0 aromatic heterocycles. The Morgan fingerprint density at radius 1 is 0.688 bits per heavy atom. The summed E-state index contributed by atoms with van der Waals surface area (Å²) in [7, 11) is 0. The number of esters is 1. The Kier molecular flexibility index (Phi) is 5.91. The summed E-state index contributed by atoms with van der Waals surface area (Å²) in [6, 6.07) is 34.6. The van der Waals surface area contributed by atoms with E-state index in [-0.39, 0.29) is 17.8 Å². The van der Waals surface area contributed by atoms with Gasteiger partial charge in [-0.15, -0.1) is 0 Å². The van der Waals surface area contributed by atoms with Gasteiger partial charge in [0.05, 0.1) is 5.92 Å². The summed E-state index contributed by atoms with van der Waals surface area (Å²) < 4.78 is 7.26. The van der Waals surface area contributed by atoms with E-state index in [1.165, 1.54) is 5.56 Å². The van der Waals surface area contributed by atoms with E-state index < -0.39 is 0 Å². The fourth-order valence-electron chi connectivity index (χ4n) is 4.40. The summed E-state index contributed by atoms with van der Waals surface area (Å²) in [4.78, 5) is 13.4. The molecule has 1 fully saturated rings. The number of para-hydroxylation sites is 1. The quantitative estimate of drug-likeness (QED) is 0.213. The minimum absolute atomic E-state index is 0.122. The monoisotopic (exact) mass is 482 g/mol. The smallest absolute Gasteiger partial charge is 0.314 e. The Balaban J connectivity index is 1.50. The number of carbonyl (C=O) groups is 1. The second-order valence-corrected chi connectivity index (χ2v) is 9.09. The van der Waals surface area contributed by atoms with E-state index in [0.717, 1.165) is 39.6 Å². The molecule has 158 valence electrons. The summed E-state index contributed by atoms with van der Waals surface area (Å²) in [5, 5.41) is 0. The van der Waals surface area contributed by atoms with Crippen LogP contribution in [0, 0.1) is 5.92 Å². The van der Waals surface area contributed by atoms with Gasteiger partial charge >= 0.3 is 5.97 Å². The fraction of sp³-hybridized carbons (Fsp3) is 0.138. The number of hydrogen-bond acceptors (Lipinski definition) is 2. The SMILES string of the molecule is O=C(Oc1c(-c2ccccc2)cccc1-c1ccccc1)[C@H]1CC[C@@H]1c1ccc(Br)cc1. The summed E-state index contributed by atoms with van der Waals surface area (Å²) in [6.07, 6.45) is 1.86. The van der Waals surface area contributed by atoms with Crippen LogP contribution in [0.1, 0.15) is 24.3 Å². The minimum atomic E-state index is -0.148. The van der Waals surface area contributed by atoms with E-state index in [1.54, 1.807) is 0 Å². The predicted molar refractivity (Wildman–Crippen MR) is 133 cm³/mol. The van der Waals surface area contributed by atoms with Crippen molar-refractivity contribution in [1.82, 2.24) is 0 Å². The molecule has 0 radical (unpaired) electrons. The Morgan fingerprint density at radius 2 is 1.25 bits per heavy atom. The van der Waals surface area contributed by atoms with Crippen molar-refractivity contribution in [3.8, 4) is 28.0 Å². The van der Waals surface area contributed by atoms with Crippen molar-refractivity contribution in [2.45, 2.75) is 18.8 Å². The lowest BCUT2D eigenvalue weighted by atomic mass is 9.70. The van der Waals surface area contributed by atoms with Crippen molar-refractivity contribution in [1.29, 1.82) is 0 Å². The molecule has 0 heterocycles. The topological polar surface area (TPSA) is 26.3 Å². The largest absolute Gasteiger partial charge is 0.425 e. The number of halogens is 1. The molecule has 2 atom stereocenters. The van der Waals surface area contributed by atoms with E-state index in [0.29, 0.717) is 5.75 Å². The van der Waals surface area contributed by atoms with Crippen LogP contribution in [-0.4, -0.2) is 5.97 Å². The maximum Gasteiger partial charge on any atom is 0.314 e. The van der Waals surface area contributed by atoms with Gasteiger partial charge in [-0.2, -0.15) is 0 Å². The van der Waals surface area contributed by atoms with Crippen molar-refractivity contribution in [2.75, 3.05) is 0 Å². The van der Waals surface area contributed by atoms with Crippen molar-refractivity contribution >= 4 is 21.9 Å². The normalized spacial score (nSPS) is 17.4. The Morgan fingerprint density at radius 3 is 1.75 bits per heavy atom. The van der Waals surface area contributed by atoms with Crippen molar-refractivity contribution in [3.05, 3.63) is 113 Å².